The van der Waals surface area contributed by atoms with Crippen LogP contribution in [0.15, 0.2) is 60.8 Å². The third-order valence-electron chi connectivity index (χ3n) is 5.87. The topological polar surface area (TPSA) is 78.8 Å². The summed E-state index contributed by atoms with van der Waals surface area (Å²) >= 11 is 6.06. The van der Waals surface area contributed by atoms with Gasteiger partial charge in [0, 0.05) is 55.6 Å². The lowest BCUT2D eigenvalue weighted by Crippen LogP contribution is -2.56. The molecular formula is C25H26ClN5O3. The first-order valence-corrected chi connectivity index (χ1v) is 11.5. The smallest absolute Gasteiger partial charge is 0.312 e. The fraction of sp³-hybridized carbons (Fsp3) is 0.280. The molecule has 1 aliphatic rings. The first-order chi connectivity index (χ1) is 16.4. The van der Waals surface area contributed by atoms with Crippen molar-refractivity contribution >= 4 is 29.3 Å². The summed E-state index contributed by atoms with van der Waals surface area (Å²) in [6, 6.07) is 17.1. The van der Waals surface area contributed by atoms with Crippen molar-refractivity contribution in [1.82, 2.24) is 24.5 Å². The first-order valence-electron chi connectivity index (χ1n) is 11.1. The summed E-state index contributed by atoms with van der Waals surface area (Å²) in [5.41, 5.74) is 3.37. The number of para-hydroxylation sites is 1. The number of benzene rings is 2. The predicted molar refractivity (Wildman–Crippen MR) is 129 cm³/mol. The summed E-state index contributed by atoms with van der Waals surface area (Å²) in [6.07, 6.45) is 1.90. The molecule has 176 valence electrons. The van der Waals surface area contributed by atoms with Crippen LogP contribution in [0.3, 0.4) is 0 Å². The fourth-order valence-corrected chi connectivity index (χ4v) is 4.01. The molecule has 0 saturated carbocycles. The average Bonchev–Trinajstić information content (AvgIpc) is 3.27. The van der Waals surface area contributed by atoms with Gasteiger partial charge in [-0.15, -0.1) is 0 Å². The van der Waals surface area contributed by atoms with Crippen molar-refractivity contribution in [2.75, 3.05) is 33.2 Å². The number of likely N-dealkylation sites (N-methyl/N-ethyl adjacent to an activating group) is 2. The molecule has 4 rings (SSSR count). The highest BCUT2D eigenvalue weighted by atomic mass is 35.5. The standard InChI is InChI=1S/C25H26ClN5O3/c1-3-29-13-14-30(25(34)24(29)33)17-22(32)28(2)15-19-16-31(21-7-5-4-6-8-21)27-23(19)18-9-11-20(26)12-10-18/h4-12,16H,3,13-15,17H2,1-2H3. The van der Waals surface area contributed by atoms with Crippen molar-refractivity contribution in [1.29, 1.82) is 0 Å². The Balaban J connectivity index is 1.54. The number of carbonyl (C=O) groups excluding carboxylic acids is 3. The van der Waals surface area contributed by atoms with E-state index in [2.05, 4.69) is 0 Å². The van der Waals surface area contributed by atoms with Crippen molar-refractivity contribution in [2.24, 2.45) is 0 Å². The van der Waals surface area contributed by atoms with E-state index in [1.165, 1.54) is 9.80 Å². The van der Waals surface area contributed by atoms with Crippen molar-refractivity contribution in [2.45, 2.75) is 13.5 Å². The quantitative estimate of drug-likeness (QED) is 0.488. The Morgan fingerprint density at radius 3 is 2.32 bits per heavy atom. The fourth-order valence-electron chi connectivity index (χ4n) is 3.88. The summed E-state index contributed by atoms with van der Waals surface area (Å²) in [7, 11) is 1.68. The zero-order chi connectivity index (χ0) is 24.2. The van der Waals surface area contributed by atoms with Gasteiger partial charge in [0.1, 0.15) is 6.54 Å². The normalized spacial score (nSPS) is 14.0. The Labute approximate surface area is 203 Å². The van der Waals surface area contributed by atoms with Crippen LogP contribution in [0.4, 0.5) is 0 Å². The first kappa shape index (κ1) is 23.5. The summed E-state index contributed by atoms with van der Waals surface area (Å²) in [5.74, 6) is -1.44. The number of halogens is 1. The maximum absolute atomic E-state index is 13.0. The van der Waals surface area contributed by atoms with Crippen molar-refractivity contribution < 1.29 is 14.4 Å². The van der Waals surface area contributed by atoms with Crippen LogP contribution in [0, 0.1) is 0 Å². The van der Waals surface area contributed by atoms with E-state index in [4.69, 9.17) is 16.7 Å². The largest absolute Gasteiger partial charge is 0.340 e. The molecule has 0 atom stereocenters. The van der Waals surface area contributed by atoms with Gasteiger partial charge in [0.25, 0.3) is 0 Å². The van der Waals surface area contributed by atoms with Crippen LogP contribution in [0.25, 0.3) is 16.9 Å². The number of piperazine rings is 1. The van der Waals surface area contributed by atoms with Crippen LogP contribution in [0.2, 0.25) is 5.02 Å². The van der Waals surface area contributed by atoms with E-state index in [9.17, 15) is 14.4 Å². The molecule has 0 unspecified atom stereocenters. The summed E-state index contributed by atoms with van der Waals surface area (Å²) in [6.45, 7) is 3.24. The molecule has 3 aromatic rings. The number of nitrogens with zero attached hydrogens (tertiary/aromatic N) is 5. The van der Waals surface area contributed by atoms with Crippen molar-refractivity contribution in [3.05, 3.63) is 71.4 Å². The molecule has 34 heavy (non-hydrogen) atoms. The number of carbonyl (C=O) groups is 3. The van der Waals surface area contributed by atoms with Gasteiger partial charge in [-0.05, 0) is 31.2 Å². The van der Waals surface area contributed by atoms with E-state index in [1.54, 1.807) is 28.8 Å². The molecule has 1 saturated heterocycles. The van der Waals surface area contributed by atoms with E-state index >= 15 is 0 Å². The number of hydrogen-bond donors (Lipinski definition) is 0. The zero-order valence-corrected chi connectivity index (χ0v) is 19.9. The second-order valence-corrected chi connectivity index (χ2v) is 8.59. The molecule has 0 aliphatic carbocycles. The third-order valence-corrected chi connectivity index (χ3v) is 6.12. The summed E-state index contributed by atoms with van der Waals surface area (Å²) < 4.78 is 1.78. The Morgan fingerprint density at radius 2 is 1.65 bits per heavy atom. The maximum atomic E-state index is 13.0. The van der Waals surface area contributed by atoms with Crippen LogP contribution in [0.1, 0.15) is 12.5 Å². The molecule has 0 bridgehead atoms. The molecule has 3 amide bonds. The van der Waals surface area contributed by atoms with Gasteiger partial charge in [-0.1, -0.05) is 41.9 Å². The average molecular weight is 480 g/mol. The second kappa shape index (κ2) is 10.1. The van der Waals surface area contributed by atoms with Crippen LogP contribution in [0.5, 0.6) is 0 Å². The highest BCUT2D eigenvalue weighted by molar-refractivity contribution is 6.35. The van der Waals surface area contributed by atoms with Crippen molar-refractivity contribution in [3.8, 4) is 16.9 Å². The third kappa shape index (κ3) is 4.97. The molecule has 1 aromatic heterocycles. The van der Waals surface area contributed by atoms with E-state index in [0.717, 1.165) is 22.5 Å². The van der Waals surface area contributed by atoms with Crippen LogP contribution in [-0.2, 0) is 20.9 Å². The molecule has 1 fully saturated rings. The lowest BCUT2D eigenvalue weighted by atomic mass is 10.1. The SMILES string of the molecule is CCN1CCN(CC(=O)N(C)Cc2cn(-c3ccccc3)nc2-c2ccc(Cl)cc2)C(=O)C1=O. The number of rotatable bonds is 7. The molecule has 0 N–H and O–H groups in total. The molecule has 2 aromatic carbocycles. The van der Waals surface area contributed by atoms with Gasteiger partial charge in [-0.3, -0.25) is 14.4 Å². The lowest BCUT2D eigenvalue weighted by molar-refractivity contribution is -0.157. The molecule has 0 spiro atoms. The molecule has 9 heteroatoms. The molecular weight excluding hydrogens is 454 g/mol. The van der Waals surface area contributed by atoms with Crippen LogP contribution in [-0.4, -0.2) is 75.4 Å². The van der Waals surface area contributed by atoms with Gasteiger partial charge in [0.05, 0.1) is 11.4 Å². The maximum Gasteiger partial charge on any atom is 0.312 e. The highest BCUT2D eigenvalue weighted by Gasteiger charge is 2.33. The second-order valence-electron chi connectivity index (χ2n) is 8.15. The van der Waals surface area contributed by atoms with Gasteiger partial charge in [-0.25, -0.2) is 4.68 Å². The Bertz CT molecular complexity index is 1190. The number of hydrogen-bond acceptors (Lipinski definition) is 4. The van der Waals surface area contributed by atoms with Gasteiger partial charge in [0.2, 0.25) is 5.91 Å². The van der Waals surface area contributed by atoms with Gasteiger partial charge >= 0.3 is 11.8 Å². The summed E-state index contributed by atoms with van der Waals surface area (Å²) in [4.78, 5) is 41.9. The molecule has 2 heterocycles. The Morgan fingerprint density at radius 1 is 1.00 bits per heavy atom. The lowest BCUT2D eigenvalue weighted by Gasteiger charge is -2.33. The van der Waals surface area contributed by atoms with Gasteiger partial charge in [-0.2, -0.15) is 5.10 Å². The molecule has 8 nitrogen and oxygen atoms in total. The van der Waals surface area contributed by atoms with E-state index in [1.807, 2.05) is 55.6 Å². The minimum Gasteiger partial charge on any atom is -0.340 e. The van der Waals surface area contributed by atoms with Crippen LogP contribution < -0.4 is 0 Å². The van der Waals surface area contributed by atoms with Crippen molar-refractivity contribution in [3.63, 3.8) is 0 Å². The molecule has 0 radical (unpaired) electrons. The summed E-state index contributed by atoms with van der Waals surface area (Å²) in [5, 5.41) is 5.40. The zero-order valence-electron chi connectivity index (χ0n) is 19.1. The Hall–Kier alpha value is -3.65. The van der Waals surface area contributed by atoms with Gasteiger partial charge < -0.3 is 14.7 Å². The van der Waals surface area contributed by atoms with E-state index < -0.39 is 11.8 Å². The monoisotopic (exact) mass is 479 g/mol. The van der Waals surface area contributed by atoms with Crippen LogP contribution >= 0.6 is 11.6 Å². The predicted octanol–water partition coefficient (Wildman–Crippen LogP) is 2.84. The number of aromatic nitrogens is 2. The van der Waals surface area contributed by atoms with Gasteiger partial charge in [0.15, 0.2) is 0 Å². The van der Waals surface area contributed by atoms with E-state index in [-0.39, 0.29) is 12.5 Å². The van der Waals surface area contributed by atoms with E-state index in [0.29, 0.717) is 31.2 Å². The number of amides is 3. The Kier molecular flexibility index (Phi) is 6.98. The highest BCUT2D eigenvalue weighted by Crippen LogP contribution is 2.26. The minimum atomic E-state index is -0.631. The molecule has 1 aliphatic heterocycles. The minimum absolute atomic E-state index is 0.137.